The number of carbonyl (C=O) groups is 1. The number of amides is 1. The van der Waals surface area contributed by atoms with E-state index in [1.54, 1.807) is 30.4 Å². The molecule has 4 nitrogen and oxygen atoms in total. The topological polar surface area (TPSA) is 51.2 Å². The van der Waals surface area contributed by atoms with E-state index in [1.165, 1.54) is 12.1 Å². The molecule has 0 spiro atoms. The van der Waals surface area contributed by atoms with Crippen molar-refractivity contribution in [2.45, 2.75) is 20.0 Å². The molecule has 2 aromatic carbocycles. The average molecular weight is 391 g/mol. The largest absolute Gasteiger partial charge is 0.481 e. The Labute approximate surface area is 159 Å². The summed E-state index contributed by atoms with van der Waals surface area (Å²) < 4.78 is 18.7. The molecule has 1 amide bonds. The van der Waals surface area contributed by atoms with Gasteiger partial charge in [0.15, 0.2) is 6.10 Å². The fraction of sp³-hybridized carbons (Fsp3) is 0.158. The quantitative estimate of drug-likeness (QED) is 0.641. The molecule has 7 heteroatoms. The highest BCUT2D eigenvalue weighted by Crippen LogP contribution is 2.26. The number of hydrogen-bond acceptors (Lipinski definition) is 4. The van der Waals surface area contributed by atoms with Crippen molar-refractivity contribution in [2.24, 2.45) is 0 Å². The van der Waals surface area contributed by atoms with Crippen molar-refractivity contribution >= 4 is 34.5 Å². The van der Waals surface area contributed by atoms with E-state index in [2.05, 4.69) is 10.3 Å². The zero-order valence-corrected chi connectivity index (χ0v) is 15.7. The molecule has 134 valence electrons. The Kier molecular flexibility index (Phi) is 5.54. The van der Waals surface area contributed by atoms with Gasteiger partial charge in [-0.1, -0.05) is 11.6 Å². The van der Waals surface area contributed by atoms with Crippen molar-refractivity contribution in [1.82, 2.24) is 4.98 Å². The van der Waals surface area contributed by atoms with Crippen LogP contribution >= 0.6 is 22.9 Å². The first-order chi connectivity index (χ1) is 12.4. The molecule has 26 heavy (non-hydrogen) atoms. The molecule has 0 saturated heterocycles. The first-order valence-corrected chi connectivity index (χ1v) is 9.13. The zero-order valence-electron chi connectivity index (χ0n) is 14.1. The van der Waals surface area contributed by atoms with Gasteiger partial charge in [0, 0.05) is 16.6 Å². The fourth-order valence-corrected chi connectivity index (χ4v) is 3.26. The SMILES string of the molecule is Cc1csc(-c2ccc(O[C@H](C)C(=O)Nc3ccc(F)cc3Cl)cc2)n1. The molecule has 0 aliphatic carbocycles. The summed E-state index contributed by atoms with van der Waals surface area (Å²) in [5, 5.41) is 5.69. The van der Waals surface area contributed by atoms with Gasteiger partial charge in [0.1, 0.15) is 16.6 Å². The maximum atomic E-state index is 13.1. The summed E-state index contributed by atoms with van der Waals surface area (Å²) in [6, 6.07) is 11.2. The minimum atomic E-state index is -0.746. The van der Waals surface area contributed by atoms with Crippen LogP contribution in [0.15, 0.2) is 47.8 Å². The minimum absolute atomic E-state index is 0.133. The molecule has 0 aliphatic rings. The van der Waals surface area contributed by atoms with Gasteiger partial charge >= 0.3 is 0 Å². The number of aromatic nitrogens is 1. The number of halogens is 2. The van der Waals surface area contributed by atoms with E-state index in [4.69, 9.17) is 16.3 Å². The van der Waals surface area contributed by atoms with Crippen LogP contribution in [0.2, 0.25) is 5.02 Å². The second-order valence-corrected chi connectivity index (χ2v) is 6.96. The highest BCUT2D eigenvalue weighted by Gasteiger charge is 2.16. The number of aryl methyl sites for hydroxylation is 1. The summed E-state index contributed by atoms with van der Waals surface area (Å²) in [5.74, 6) is -0.277. The van der Waals surface area contributed by atoms with E-state index in [0.29, 0.717) is 11.4 Å². The van der Waals surface area contributed by atoms with Crippen LogP contribution in [0.4, 0.5) is 10.1 Å². The van der Waals surface area contributed by atoms with Crippen molar-refractivity contribution in [3.05, 3.63) is 64.4 Å². The molecule has 0 aliphatic heterocycles. The van der Waals surface area contributed by atoms with Crippen LogP contribution in [0.1, 0.15) is 12.6 Å². The molecule has 3 aromatic rings. The van der Waals surface area contributed by atoms with Gasteiger partial charge in [0.05, 0.1) is 10.7 Å². The summed E-state index contributed by atoms with van der Waals surface area (Å²) >= 11 is 7.49. The maximum absolute atomic E-state index is 13.1. The Morgan fingerprint density at radius 1 is 1.27 bits per heavy atom. The molecule has 1 aromatic heterocycles. The van der Waals surface area contributed by atoms with Crippen molar-refractivity contribution in [2.75, 3.05) is 5.32 Å². The summed E-state index contributed by atoms with van der Waals surface area (Å²) in [4.78, 5) is 16.7. The van der Waals surface area contributed by atoms with Gasteiger partial charge in [-0.05, 0) is 56.3 Å². The van der Waals surface area contributed by atoms with Crippen LogP contribution in [0.5, 0.6) is 5.75 Å². The predicted molar refractivity (Wildman–Crippen MR) is 102 cm³/mol. The van der Waals surface area contributed by atoms with Gasteiger partial charge in [-0.25, -0.2) is 9.37 Å². The number of nitrogens with one attached hydrogen (secondary N) is 1. The van der Waals surface area contributed by atoms with Crippen LogP contribution < -0.4 is 10.1 Å². The summed E-state index contributed by atoms with van der Waals surface area (Å²) in [6.45, 7) is 3.58. The summed E-state index contributed by atoms with van der Waals surface area (Å²) in [7, 11) is 0. The molecular weight excluding hydrogens is 375 g/mol. The van der Waals surface area contributed by atoms with Crippen LogP contribution in [-0.4, -0.2) is 17.0 Å². The van der Waals surface area contributed by atoms with Gasteiger partial charge in [0.2, 0.25) is 0 Å². The normalized spacial score (nSPS) is 11.8. The number of carbonyl (C=O) groups excluding carboxylic acids is 1. The molecule has 0 bridgehead atoms. The maximum Gasteiger partial charge on any atom is 0.265 e. The highest BCUT2D eigenvalue weighted by atomic mass is 35.5. The Balaban J connectivity index is 1.63. The van der Waals surface area contributed by atoms with Gasteiger partial charge < -0.3 is 10.1 Å². The lowest BCUT2D eigenvalue weighted by Gasteiger charge is -2.15. The van der Waals surface area contributed by atoms with Gasteiger partial charge in [0.25, 0.3) is 5.91 Å². The lowest BCUT2D eigenvalue weighted by molar-refractivity contribution is -0.122. The molecular formula is C19H16ClFN2O2S. The van der Waals surface area contributed by atoms with Gasteiger partial charge in [-0.3, -0.25) is 4.79 Å². The lowest BCUT2D eigenvalue weighted by Crippen LogP contribution is -2.30. The Morgan fingerprint density at radius 3 is 2.62 bits per heavy atom. The summed E-state index contributed by atoms with van der Waals surface area (Å²) in [6.07, 6.45) is -0.746. The number of hydrogen-bond donors (Lipinski definition) is 1. The molecule has 0 radical (unpaired) electrons. The number of ether oxygens (including phenoxy) is 1. The molecule has 3 rings (SSSR count). The highest BCUT2D eigenvalue weighted by molar-refractivity contribution is 7.13. The number of rotatable bonds is 5. The molecule has 0 saturated carbocycles. The van der Waals surface area contributed by atoms with Gasteiger partial charge in [-0.15, -0.1) is 11.3 Å². The monoisotopic (exact) mass is 390 g/mol. The standard InChI is InChI=1S/C19H16ClFN2O2S/c1-11-10-26-19(22-11)13-3-6-15(7-4-13)25-12(2)18(24)23-17-8-5-14(21)9-16(17)20/h3-10,12H,1-2H3,(H,23,24)/t12-/m1/s1. The van der Waals surface area contributed by atoms with E-state index in [9.17, 15) is 9.18 Å². The second-order valence-electron chi connectivity index (χ2n) is 5.69. The molecule has 1 heterocycles. The van der Waals surface area contributed by atoms with Crippen molar-refractivity contribution < 1.29 is 13.9 Å². The smallest absolute Gasteiger partial charge is 0.265 e. The van der Waals surface area contributed by atoms with E-state index < -0.39 is 11.9 Å². The minimum Gasteiger partial charge on any atom is -0.481 e. The number of thiazole rings is 1. The van der Waals surface area contributed by atoms with Crippen molar-refractivity contribution in [1.29, 1.82) is 0 Å². The summed E-state index contributed by atoms with van der Waals surface area (Å²) in [5.41, 5.74) is 2.31. The molecule has 1 atom stereocenters. The van der Waals surface area contributed by atoms with Crippen LogP contribution in [0.25, 0.3) is 10.6 Å². The number of nitrogens with zero attached hydrogens (tertiary/aromatic N) is 1. The van der Waals surface area contributed by atoms with Crippen LogP contribution in [0.3, 0.4) is 0 Å². The van der Waals surface area contributed by atoms with Crippen molar-refractivity contribution in [3.8, 4) is 16.3 Å². The lowest BCUT2D eigenvalue weighted by atomic mass is 10.2. The molecule has 0 unspecified atom stereocenters. The zero-order chi connectivity index (χ0) is 18.7. The number of benzene rings is 2. The predicted octanol–water partition coefficient (Wildman–Crippen LogP) is 5.32. The van der Waals surface area contributed by atoms with Crippen LogP contribution in [-0.2, 0) is 4.79 Å². The second kappa shape index (κ2) is 7.85. The third-order valence-electron chi connectivity index (χ3n) is 3.59. The van der Waals surface area contributed by atoms with Crippen LogP contribution in [0, 0.1) is 12.7 Å². The fourth-order valence-electron chi connectivity index (χ4n) is 2.25. The van der Waals surface area contributed by atoms with E-state index in [1.807, 2.05) is 24.4 Å². The average Bonchev–Trinajstić information content (AvgIpc) is 3.04. The van der Waals surface area contributed by atoms with E-state index in [0.717, 1.165) is 22.3 Å². The Hall–Kier alpha value is -2.44. The third-order valence-corrected chi connectivity index (χ3v) is 4.91. The Morgan fingerprint density at radius 2 is 2.00 bits per heavy atom. The van der Waals surface area contributed by atoms with Gasteiger partial charge in [-0.2, -0.15) is 0 Å². The number of anilines is 1. The van der Waals surface area contributed by atoms with Crippen molar-refractivity contribution in [3.63, 3.8) is 0 Å². The Bertz CT molecular complexity index is 928. The molecule has 0 fully saturated rings. The first-order valence-electron chi connectivity index (χ1n) is 7.87. The molecule has 1 N–H and O–H groups in total. The first kappa shape index (κ1) is 18.4. The van der Waals surface area contributed by atoms with E-state index >= 15 is 0 Å². The third kappa shape index (κ3) is 4.39. The van der Waals surface area contributed by atoms with E-state index in [-0.39, 0.29) is 10.9 Å².